The highest BCUT2D eigenvalue weighted by atomic mass is 35.5. The summed E-state index contributed by atoms with van der Waals surface area (Å²) in [4.78, 5) is 23.5. The predicted molar refractivity (Wildman–Crippen MR) is 91.3 cm³/mol. The molecule has 0 bridgehead atoms. The molecule has 116 valence electrons. The van der Waals surface area contributed by atoms with Gasteiger partial charge in [0.25, 0.3) is 5.91 Å². The minimum atomic E-state index is -0.534. The molecule has 0 aliphatic carbocycles. The van der Waals surface area contributed by atoms with Gasteiger partial charge >= 0.3 is 0 Å². The highest BCUT2D eigenvalue weighted by Crippen LogP contribution is 2.34. The van der Waals surface area contributed by atoms with Crippen molar-refractivity contribution < 1.29 is 9.59 Å². The van der Waals surface area contributed by atoms with Crippen LogP contribution in [0.5, 0.6) is 0 Å². The highest BCUT2D eigenvalue weighted by molar-refractivity contribution is 6.33. The number of halogens is 1. The number of nitrogens with one attached hydrogen (secondary N) is 2. The number of rotatable bonds is 3. The molecule has 0 unspecified atom stereocenters. The van der Waals surface area contributed by atoms with Gasteiger partial charge in [-0.25, -0.2) is 0 Å². The van der Waals surface area contributed by atoms with Gasteiger partial charge in [0, 0.05) is 33.2 Å². The summed E-state index contributed by atoms with van der Waals surface area (Å²) in [5, 5.41) is 6.53. The van der Waals surface area contributed by atoms with Crippen LogP contribution in [0.3, 0.4) is 0 Å². The molecule has 23 heavy (non-hydrogen) atoms. The fraction of sp³-hybridized carbons (Fsp3) is 0.0588. The molecule has 1 aliphatic heterocycles. The second-order valence-corrected chi connectivity index (χ2v) is 5.65. The third-order valence-corrected chi connectivity index (χ3v) is 3.82. The minimum Gasteiger partial charge on any atom is -0.366 e. The molecule has 3 rings (SSSR count). The minimum absolute atomic E-state index is 0.228. The molecule has 0 spiro atoms. The number of nitrogens with two attached hydrogens (primary N) is 1. The van der Waals surface area contributed by atoms with E-state index in [2.05, 4.69) is 10.6 Å². The molecule has 1 heterocycles. The van der Waals surface area contributed by atoms with E-state index in [0.717, 1.165) is 11.3 Å². The first-order valence-electron chi connectivity index (χ1n) is 6.95. The molecule has 2 amide bonds. The Morgan fingerprint density at radius 1 is 1.22 bits per heavy atom. The van der Waals surface area contributed by atoms with Gasteiger partial charge in [0.1, 0.15) is 0 Å². The summed E-state index contributed by atoms with van der Waals surface area (Å²) in [6.07, 6.45) is 0. The van der Waals surface area contributed by atoms with E-state index in [1.165, 1.54) is 0 Å². The molecule has 0 radical (unpaired) electrons. The predicted octanol–water partition coefficient (Wildman–Crippen LogP) is 3.23. The van der Waals surface area contributed by atoms with E-state index in [1.54, 1.807) is 30.3 Å². The molecule has 0 fully saturated rings. The second-order valence-electron chi connectivity index (χ2n) is 5.21. The van der Waals surface area contributed by atoms with Crippen LogP contribution in [0.15, 0.2) is 48.2 Å². The van der Waals surface area contributed by atoms with Gasteiger partial charge in [0.05, 0.1) is 5.57 Å². The van der Waals surface area contributed by atoms with E-state index in [4.69, 9.17) is 17.3 Å². The van der Waals surface area contributed by atoms with Crippen LogP contribution in [-0.4, -0.2) is 11.8 Å². The van der Waals surface area contributed by atoms with Gasteiger partial charge in [-0.05, 0) is 37.3 Å². The van der Waals surface area contributed by atoms with Crippen molar-refractivity contribution in [3.05, 3.63) is 64.3 Å². The normalized spacial score (nSPS) is 15.0. The Morgan fingerprint density at radius 3 is 2.70 bits per heavy atom. The monoisotopic (exact) mass is 327 g/mol. The van der Waals surface area contributed by atoms with Gasteiger partial charge in [-0.2, -0.15) is 0 Å². The van der Waals surface area contributed by atoms with Crippen LogP contribution in [0.4, 0.5) is 11.4 Å². The van der Waals surface area contributed by atoms with Gasteiger partial charge < -0.3 is 16.4 Å². The number of amides is 2. The lowest BCUT2D eigenvalue weighted by Crippen LogP contribution is -2.11. The standard InChI is InChI=1S/C17H14ClN3O2/c1-9(20-12-4-2-3-11(18)8-12)15-13-6-5-10(16(19)22)7-14(13)21-17(15)23/h2-8,20H,1H3,(H2,19,22)(H,21,23). The van der Waals surface area contributed by atoms with Gasteiger partial charge in [0.2, 0.25) is 5.91 Å². The Kier molecular flexibility index (Phi) is 3.80. The summed E-state index contributed by atoms with van der Waals surface area (Å²) in [6.45, 7) is 1.81. The summed E-state index contributed by atoms with van der Waals surface area (Å²) >= 11 is 5.97. The fourth-order valence-electron chi connectivity index (χ4n) is 2.54. The van der Waals surface area contributed by atoms with E-state index < -0.39 is 5.91 Å². The van der Waals surface area contributed by atoms with Crippen LogP contribution >= 0.6 is 11.6 Å². The topological polar surface area (TPSA) is 84.2 Å². The first-order valence-corrected chi connectivity index (χ1v) is 7.32. The number of primary amides is 1. The zero-order valence-corrected chi connectivity index (χ0v) is 13.1. The SMILES string of the molecule is CC(Nc1cccc(Cl)c1)=C1C(=O)Nc2cc(C(N)=O)ccc21. The van der Waals surface area contributed by atoms with E-state index in [0.29, 0.717) is 27.5 Å². The molecule has 1 aliphatic rings. The number of carbonyl (C=O) groups excluding carboxylic acids is 2. The number of carbonyl (C=O) groups is 2. The molecule has 6 heteroatoms. The molecule has 2 aromatic rings. The fourth-order valence-corrected chi connectivity index (χ4v) is 2.73. The first kappa shape index (κ1) is 15.1. The van der Waals surface area contributed by atoms with Crippen LogP contribution in [0.25, 0.3) is 5.57 Å². The van der Waals surface area contributed by atoms with Crippen molar-refractivity contribution in [3.63, 3.8) is 0 Å². The van der Waals surface area contributed by atoms with Gasteiger partial charge in [0.15, 0.2) is 0 Å². The van der Waals surface area contributed by atoms with Crippen LogP contribution < -0.4 is 16.4 Å². The lowest BCUT2D eigenvalue weighted by atomic mass is 10.0. The summed E-state index contributed by atoms with van der Waals surface area (Å²) in [7, 11) is 0. The van der Waals surface area contributed by atoms with Crippen molar-refractivity contribution in [1.29, 1.82) is 0 Å². The van der Waals surface area contributed by atoms with Crippen molar-refractivity contribution in [2.45, 2.75) is 6.92 Å². The van der Waals surface area contributed by atoms with E-state index in [1.807, 2.05) is 19.1 Å². The van der Waals surface area contributed by atoms with Crippen LogP contribution in [-0.2, 0) is 4.79 Å². The van der Waals surface area contributed by atoms with E-state index in [9.17, 15) is 9.59 Å². The molecule has 0 atom stereocenters. The number of allylic oxidation sites excluding steroid dienone is 1. The third kappa shape index (κ3) is 2.91. The maximum atomic E-state index is 12.3. The van der Waals surface area contributed by atoms with Crippen molar-refractivity contribution >= 4 is 40.4 Å². The molecule has 0 aromatic heterocycles. The largest absolute Gasteiger partial charge is 0.366 e. The quantitative estimate of drug-likeness (QED) is 0.757. The van der Waals surface area contributed by atoms with Crippen molar-refractivity contribution in [2.75, 3.05) is 10.6 Å². The molecule has 0 saturated carbocycles. The number of hydrogen-bond donors (Lipinski definition) is 3. The van der Waals surface area contributed by atoms with E-state index >= 15 is 0 Å². The molecular formula is C17H14ClN3O2. The lowest BCUT2D eigenvalue weighted by molar-refractivity contribution is -0.110. The van der Waals surface area contributed by atoms with Crippen LogP contribution in [0.2, 0.25) is 5.02 Å². The first-order chi connectivity index (χ1) is 11.0. The zero-order valence-electron chi connectivity index (χ0n) is 12.3. The number of hydrogen-bond acceptors (Lipinski definition) is 3. The van der Waals surface area contributed by atoms with Gasteiger partial charge in [-0.1, -0.05) is 23.7 Å². The van der Waals surface area contributed by atoms with Crippen LogP contribution in [0, 0.1) is 0 Å². The summed E-state index contributed by atoms with van der Waals surface area (Å²) in [6, 6.07) is 12.1. The third-order valence-electron chi connectivity index (χ3n) is 3.58. The molecular weight excluding hydrogens is 314 g/mol. The zero-order chi connectivity index (χ0) is 16.6. The molecule has 0 saturated heterocycles. The van der Waals surface area contributed by atoms with Crippen molar-refractivity contribution in [1.82, 2.24) is 0 Å². The maximum Gasteiger partial charge on any atom is 0.258 e. The summed E-state index contributed by atoms with van der Waals surface area (Å²) in [5.74, 6) is -0.762. The molecule has 2 aromatic carbocycles. The smallest absolute Gasteiger partial charge is 0.258 e. The second kappa shape index (κ2) is 5.78. The van der Waals surface area contributed by atoms with Crippen molar-refractivity contribution in [2.24, 2.45) is 5.73 Å². The van der Waals surface area contributed by atoms with Gasteiger partial charge in [-0.3, -0.25) is 9.59 Å². The summed E-state index contributed by atoms with van der Waals surface area (Å²) < 4.78 is 0. The average Bonchev–Trinajstić information content (AvgIpc) is 2.81. The highest BCUT2D eigenvalue weighted by Gasteiger charge is 2.27. The molecule has 5 nitrogen and oxygen atoms in total. The Hall–Kier alpha value is -2.79. The van der Waals surface area contributed by atoms with Crippen molar-refractivity contribution in [3.8, 4) is 0 Å². The number of benzene rings is 2. The average molecular weight is 328 g/mol. The Bertz CT molecular complexity index is 859. The Morgan fingerprint density at radius 2 is 2.00 bits per heavy atom. The van der Waals surface area contributed by atoms with Gasteiger partial charge in [-0.15, -0.1) is 0 Å². The number of anilines is 2. The lowest BCUT2D eigenvalue weighted by Gasteiger charge is -2.10. The van der Waals surface area contributed by atoms with E-state index in [-0.39, 0.29) is 5.91 Å². The van der Waals surface area contributed by atoms with Crippen LogP contribution in [0.1, 0.15) is 22.8 Å². The Balaban J connectivity index is 2.00. The Labute approximate surface area is 138 Å². The summed E-state index contributed by atoms with van der Waals surface area (Å²) in [5.41, 5.74) is 8.93. The maximum absolute atomic E-state index is 12.3. The number of fused-ring (bicyclic) bond motifs is 1. The molecule has 4 N–H and O–H groups in total.